The van der Waals surface area contributed by atoms with Gasteiger partial charge in [-0.05, 0) is 30.3 Å². The molecule has 0 fully saturated rings. The van der Waals surface area contributed by atoms with E-state index in [0.29, 0.717) is 22.6 Å². The van der Waals surface area contributed by atoms with Crippen LogP contribution >= 0.6 is 0 Å². The second kappa shape index (κ2) is 4.81. The first-order chi connectivity index (χ1) is 9.70. The van der Waals surface area contributed by atoms with Crippen molar-refractivity contribution in [2.75, 3.05) is 18.6 Å². The van der Waals surface area contributed by atoms with Gasteiger partial charge in [0.25, 0.3) is 5.91 Å². The van der Waals surface area contributed by atoms with Gasteiger partial charge in [0.1, 0.15) is 5.75 Å². The van der Waals surface area contributed by atoms with Crippen LogP contribution in [-0.2, 0) is 0 Å². The van der Waals surface area contributed by atoms with Crippen LogP contribution in [0, 0.1) is 0 Å². The molecule has 1 aliphatic heterocycles. The number of amides is 1. The van der Waals surface area contributed by atoms with Crippen LogP contribution in [0.5, 0.6) is 5.75 Å². The highest BCUT2D eigenvalue weighted by atomic mass is 16.5. The van der Waals surface area contributed by atoms with Crippen molar-refractivity contribution in [1.82, 2.24) is 0 Å². The smallest absolute Gasteiger partial charge is 0.258 e. The quantitative estimate of drug-likeness (QED) is 0.840. The molecule has 0 aromatic heterocycles. The molecule has 0 saturated heterocycles. The summed E-state index contributed by atoms with van der Waals surface area (Å²) in [5.41, 5.74) is 1.75. The molecule has 0 bridgehead atoms. The van der Waals surface area contributed by atoms with E-state index in [9.17, 15) is 9.59 Å². The number of rotatable bonds is 2. The minimum Gasteiger partial charge on any atom is -0.497 e. The summed E-state index contributed by atoms with van der Waals surface area (Å²) in [5, 5.41) is 0. The molecule has 0 atom stereocenters. The van der Waals surface area contributed by atoms with Gasteiger partial charge in [-0.2, -0.15) is 0 Å². The Morgan fingerprint density at radius 3 is 2.60 bits per heavy atom. The van der Waals surface area contributed by atoms with E-state index in [1.54, 1.807) is 49.6 Å². The summed E-state index contributed by atoms with van der Waals surface area (Å²) in [6.45, 7) is 0.0796. The molecule has 1 aliphatic rings. The maximum atomic E-state index is 12.5. The fourth-order valence-corrected chi connectivity index (χ4v) is 2.33. The summed E-state index contributed by atoms with van der Waals surface area (Å²) in [6, 6.07) is 14.1. The number of carbonyl (C=O) groups is 2. The normalized spacial score (nSPS) is 13.2. The lowest BCUT2D eigenvalue weighted by Gasteiger charge is -2.16. The number of hydrogen-bond acceptors (Lipinski definition) is 3. The third kappa shape index (κ3) is 1.95. The first kappa shape index (κ1) is 12.4. The molecule has 1 heterocycles. The average Bonchev–Trinajstić information content (AvgIpc) is 2.84. The highest BCUT2D eigenvalue weighted by molar-refractivity contribution is 6.19. The van der Waals surface area contributed by atoms with Gasteiger partial charge >= 0.3 is 0 Å². The van der Waals surface area contributed by atoms with Gasteiger partial charge in [-0.25, -0.2) is 0 Å². The van der Waals surface area contributed by atoms with Gasteiger partial charge in [0.15, 0.2) is 5.78 Å². The number of anilines is 1. The van der Waals surface area contributed by atoms with E-state index in [0.717, 1.165) is 0 Å². The Morgan fingerprint density at radius 1 is 1.15 bits per heavy atom. The second-order valence-corrected chi connectivity index (χ2v) is 4.56. The van der Waals surface area contributed by atoms with Gasteiger partial charge in [-0.1, -0.05) is 18.2 Å². The first-order valence-electron chi connectivity index (χ1n) is 6.29. The molecule has 0 aliphatic carbocycles. The highest BCUT2D eigenvalue weighted by Gasteiger charge is 2.31. The highest BCUT2D eigenvalue weighted by Crippen LogP contribution is 2.32. The van der Waals surface area contributed by atoms with Crippen molar-refractivity contribution in [3.05, 3.63) is 59.7 Å². The van der Waals surface area contributed by atoms with Gasteiger partial charge in [0, 0.05) is 11.1 Å². The van der Waals surface area contributed by atoms with Crippen LogP contribution < -0.4 is 9.64 Å². The van der Waals surface area contributed by atoms with Crippen molar-refractivity contribution in [3.63, 3.8) is 0 Å². The fraction of sp³-hybridized carbons (Fsp3) is 0.125. The number of methoxy groups -OCH3 is 1. The number of Topliss-reactive ketones (excluding diaryl/α,β-unsaturated/α-hetero) is 1. The van der Waals surface area contributed by atoms with Crippen molar-refractivity contribution in [2.45, 2.75) is 0 Å². The Balaban J connectivity index is 1.99. The molecule has 0 radical (unpaired) electrons. The predicted octanol–water partition coefficient (Wildman–Crippen LogP) is 2.54. The molecule has 3 rings (SSSR count). The molecule has 2 aromatic rings. The van der Waals surface area contributed by atoms with E-state index in [1.165, 1.54) is 4.90 Å². The monoisotopic (exact) mass is 267 g/mol. The summed E-state index contributed by atoms with van der Waals surface area (Å²) < 4.78 is 5.11. The first-order valence-corrected chi connectivity index (χ1v) is 6.29. The Bertz CT molecular complexity index is 679. The van der Waals surface area contributed by atoms with E-state index in [-0.39, 0.29) is 18.2 Å². The van der Waals surface area contributed by atoms with Gasteiger partial charge in [0.2, 0.25) is 0 Å². The summed E-state index contributed by atoms with van der Waals surface area (Å²) in [6.07, 6.45) is 0. The number of ketones is 1. The van der Waals surface area contributed by atoms with E-state index >= 15 is 0 Å². The van der Waals surface area contributed by atoms with E-state index in [2.05, 4.69) is 0 Å². The van der Waals surface area contributed by atoms with E-state index in [1.807, 2.05) is 6.07 Å². The predicted molar refractivity (Wildman–Crippen MR) is 75.4 cm³/mol. The molecule has 0 saturated carbocycles. The second-order valence-electron chi connectivity index (χ2n) is 4.56. The molecule has 4 heteroatoms. The zero-order valence-electron chi connectivity index (χ0n) is 11.0. The Morgan fingerprint density at radius 2 is 1.90 bits per heavy atom. The number of benzene rings is 2. The molecule has 0 spiro atoms. The largest absolute Gasteiger partial charge is 0.497 e. The van der Waals surface area contributed by atoms with Crippen LogP contribution in [0.1, 0.15) is 20.7 Å². The van der Waals surface area contributed by atoms with Crippen LogP contribution in [0.2, 0.25) is 0 Å². The van der Waals surface area contributed by atoms with Crippen LogP contribution in [0.15, 0.2) is 48.5 Å². The molecule has 4 nitrogen and oxygen atoms in total. The Hall–Kier alpha value is -2.62. The average molecular weight is 267 g/mol. The standard InChI is InChI=1S/C16H13NO3/c1-20-12-7-8-14-13(9-12)15(18)10-17(14)16(19)11-5-3-2-4-6-11/h2-9H,10H2,1H3. The third-order valence-corrected chi connectivity index (χ3v) is 3.36. The number of hydrogen-bond donors (Lipinski definition) is 0. The SMILES string of the molecule is COc1ccc2c(c1)C(=O)CN2C(=O)c1ccccc1. The van der Waals surface area contributed by atoms with Gasteiger partial charge in [-0.3, -0.25) is 14.5 Å². The maximum Gasteiger partial charge on any atom is 0.258 e. The van der Waals surface area contributed by atoms with Crippen LogP contribution in [-0.4, -0.2) is 25.3 Å². The summed E-state index contributed by atoms with van der Waals surface area (Å²) in [5.74, 6) is 0.386. The van der Waals surface area contributed by atoms with Crippen molar-refractivity contribution in [1.29, 1.82) is 0 Å². The third-order valence-electron chi connectivity index (χ3n) is 3.36. The molecule has 0 N–H and O–H groups in total. The minimum absolute atomic E-state index is 0.0665. The summed E-state index contributed by atoms with van der Waals surface area (Å²) >= 11 is 0. The molecular weight excluding hydrogens is 254 g/mol. The minimum atomic E-state index is -0.164. The van der Waals surface area contributed by atoms with Crippen molar-refractivity contribution >= 4 is 17.4 Å². The summed E-state index contributed by atoms with van der Waals surface area (Å²) in [4.78, 5) is 26.0. The lowest BCUT2D eigenvalue weighted by molar-refractivity contribution is 0.0951. The number of carbonyl (C=O) groups excluding carboxylic acids is 2. The Labute approximate surface area is 116 Å². The van der Waals surface area contributed by atoms with Crippen molar-refractivity contribution in [2.24, 2.45) is 0 Å². The number of ether oxygens (including phenoxy) is 1. The lowest BCUT2D eigenvalue weighted by atomic mass is 10.1. The van der Waals surface area contributed by atoms with Crippen LogP contribution in [0.3, 0.4) is 0 Å². The van der Waals surface area contributed by atoms with Gasteiger partial charge < -0.3 is 4.74 Å². The van der Waals surface area contributed by atoms with Gasteiger partial charge in [0.05, 0.1) is 19.3 Å². The summed E-state index contributed by atoms with van der Waals surface area (Å²) in [7, 11) is 1.55. The molecule has 20 heavy (non-hydrogen) atoms. The van der Waals surface area contributed by atoms with Crippen LogP contribution in [0.25, 0.3) is 0 Å². The van der Waals surface area contributed by atoms with Gasteiger partial charge in [-0.15, -0.1) is 0 Å². The van der Waals surface area contributed by atoms with Crippen molar-refractivity contribution in [3.8, 4) is 5.75 Å². The topological polar surface area (TPSA) is 46.6 Å². The molecule has 2 aromatic carbocycles. The Kier molecular flexibility index (Phi) is 2.99. The maximum absolute atomic E-state index is 12.5. The number of fused-ring (bicyclic) bond motifs is 1. The van der Waals surface area contributed by atoms with E-state index in [4.69, 9.17) is 4.74 Å². The number of nitrogens with zero attached hydrogens (tertiary/aromatic N) is 1. The molecular formula is C16H13NO3. The lowest BCUT2D eigenvalue weighted by Crippen LogP contribution is -2.30. The molecule has 100 valence electrons. The van der Waals surface area contributed by atoms with Crippen molar-refractivity contribution < 1.29 is 14.3 Å². The van der Waals surface area contributed by atoms with E-state index < -0.39 is 0 Å². The zero-order chi connectivity index (χ0) is 14.1. The molecule has 1 amide bonds. The van der Waals surface area contributed by atoms with Crippen LogP contribution in [0.4, 0.5) is 5.69 Å². The molecule has 0 unspecified atom stereocenters. The fourth-order valence-electron chi connectivity index (χ4n) is 2.33. The zero-order valence-corrected chi connectivity index (χ0v) is 11.0.